The number of hydrogen-bond donors (Lipinski definition) is 1. The molecule has 1 aromatic carbocycles. The van der Waals surface area contributed by atoms with Crippen LogP contribution in [0.15, 0.2) is 30.3 Å². The monoisotopic (exact) mass is 187 g/mol. The number of rotatable bonds is 1. The molecule has 1 heterocycles. The summed E-state index contributed by atoms with van der Waals surface area (Å²) in [6.45, 7) is 7.16. The molecular formula is C13H17N. The van der Waals surface area contributed by atoms with Crippen molar-refractivity contribution in [2.24, 2.45) is 11.3 Å². The van der Waals surface area contributed by atoms with Gasteiger partial charge in [0, 0.05) is 18.5 Å². The Hall–Kier alpha value is -0.820. The Morgan fingerprint density at radius 3 is 2.50 bits per heavy atom. The third-order valence-electron chi connectivity index (χ3n) is 4.82. The minimum absolute atomic E-state index is 0.439. The Morgan fingerprint density at radius 2 is 1.93 bits per heavy atom. The Kier molecular flexibility index (Phi) is 1.46. The van der Waals surface area contributed by atoms with E-state index in [0.29, 0.717) is 10.8 Å². The van der Waals surface area contributed by atoms with Crippen molar-refractivity contribution in [1.82, 2.24) is 5.32 Å². The van der Waals surface area contributed by atoms with Gasteiger partial charge in [-0.2, -0.15) is 0 Å². The molecule has 1 saturated carbocycles. The molecule has 1 heteroatoms. The summed E-state index contributed by atoms with van der Waals surface area (Å²) < 4.78 is 0. The van der Waals surface area contributed by atoms with E-state index < -0.39 is 0 Å². The smallest absolute Gasteiger partial charge is 0.0178 e. The minimum Gasteiger partial charge on any atom is -0.315 e. The van der Waals surface area contributed by atoms with E-state index in [2.05, 4.69) is 49.5 Å². The molecule has 0 aromatic heterocycles. The van der Waals surface area contributed by atoms with Gasteiger partial charge in [-0.3, -0.25) is 0 Å². The SMILES string of the molecule is CC1C2(C)CNCC12c1ccccc1. The summed E-state index contributed by atoms with van der Waals surface area (Å²) in [5.74, 6) is 0.832. The van der Waals surface area contributed by atoms with E-state index in [9.17, 15) is 0 Å². The van der Waals surface area contributed by atoms with Crippen LogP contribution in [0.2, 0.25) is 0 Å². The van der Waals surface area contributed by atoms with Crippen LogP contribution < -0.4 is 5.32 Å². The molecule has 1 aliphatic heterocycles. The first-order chi connectivity index (χ1) is 6.72. The van der Waals surface area contributed by atoms with Crippen LogP contribution in [-0.4, -0.2) is 13.1 Å². The average molecular weight is 187 g/mol. The summed E-state index contributed by atoms with van der Waals surface area (Å²) in [6.07, 6.45) is 0. The van der Waals surface area contributed by atoms with Crippen LogP contribution in [-0.2, 0) is 5.41 Å². The van der Waals surface area contributed by atoms with Crippen molar-refractivity contribution in [3.05, 3.63) is 35.9 Å². The molecule has 1 aliphatic carbocycles. The highest BCUT2D eigenvalue weighted by Crippen LogP contribution is 2.71. The first-order valence-corrected chi connectivity index (χ1v) is 5.48. The molecule has 1 saturated heterocycles. The Balaban J connectivity index is 2.08. The van der Waals surface area contributed by atoms with E-state index in [4.69, 9.17) is 0 Å². The van der Waals surface area contributed by atoms with Gasteiger partial charge in [-0.15, -0.1) is 0 Å². The summed E-state index contributed by atoms with van der Waals surface area (Å²) in [5.41, 5.74) is 2.47. The molecule has 0 spiro atoms. The molecule has 0 radical (unpaired) electrons. The van der Waals surface area contributed by atoms with Crippen molar-refractivity contribution in [1.29, 1.82) is 0 Å². The van der Waals surface area contributed by atoms with Gasteiger partial charge in [-0.25, -0.2) is 0 Å². The van der Waals surface area contributed by atoms with Crippen LogP contribution in [0.25, 0.3) is 0 Å². The van der Waals surface area contributed by atoms with Crippen LogP contribution in [0, 0.1) is 11.3 Å². The number of fused-ring (bicyclic) bond motifs is 1. The van der Waals surface area contributed by atoms with Crippen molar-refractivity contribution in [2.75, 3.05) is 13.1 Å². The van der Waals surface area contributed by atoms with Crippen LogP contribution in [0.5, 0.6) is 0 Å². The van der Waals surface area contributed by atoms with Gasteiger partial charge < -0.3 is 5.32 Å². The first kappa shape index (κ1) is 8.49. The quantitative estimate of drug-likeness (QED) is 0.710. The molecule has 0 amide bonds. The topological polar surface area (TPSA) is 12.0 Å². The zero-order valence-electron chi connectivity index (χ0n) is 8.88. The minimum atomic E-state index is 0.439. The van der Waals surface area contributed by atoms with Crippen molar-refractivity contribution in [2.45, 2.75) is 19.3 Å². The van der Waals surface area contributed by atoms with Crippen LogP contribution in [0.1, 0.15) is 19.4 Å². The highest BCUT2D eigenvalue weighted by Gasteiger charge is 2.73. The number of nitrogens with one attached hydrogen (secondary N) is 1. The van der Waals surface area contributed by atoms with E-state index in [1.54, 1.807) is 0 Å². The Labute approximate surface area is 85.5 Å². The third kappa shape index (κ3) is 0.718. The highest BCUT2D eigenvalue weighted by molar-refractivity contribution is 5.43. The van der Waals surface area contributed by atoms with Crippen molar-refractivity contribution in [3.8, 4) is 0 Å². The molecule has 2 aliphatic rings. The van der Waals surface area contributed by atoms with Crippen LogP contribution >= 0.6 is 0 Å². The predicted molar refractivity (Wildman–Crippen MR) is 58.3 cm³/mol. The van der Waals surface area contributed by atoms with Gasteiger partial charge in [0.2, 0.25) is 0 Å². The number of benzene rings is 1. The summed E-state index contributed by atoms with van der Waals surface area (Å²) in [5, 5.41) is 3.53. The lowest BCUT2D eigenvalue weighted by Gasteiger charge is -2.14. The first-order valence-electron chi connectivity index (χ1n) is 5.48. The second-order valence-corrected chi connectivity index (χ2v) is 5.08. The third-order valence-corrected chi connectivity index (χ3v) is 4.82. The predicted octanol–water partition coefficient (Wildman–Crippen LogP) is 2.18. The van der Waals surface area contributed by atoms with E-state index in [0.717, 1.165) is 12.5 Å². The largest absolute Gasteiger partial charge is 0.315 e. The Morgan fingerprint density at radius 1 is 1.21 bits per heavy atom. The van der Waals surface area contributed by atoms with Gasteiger partial charge >= 0.3 is 0 Å². The molecular weight excluding hydrogens is 170 g/mol. The normalized spacial score (nSPS) is 44.9. The molecule has 1 nitrogen and oxygen atoms in total. The fourth-order valence-corrected chi connectivity index (χ4v) is 3.61. The molecule has 14 heavy (non-hydrogen) atoms. The van der Waals surface area contributed by atoms with E-state index >= 15 is 0 Å². The van der Waals surface area contributed by atoms with Crippen molar-refractivity contribution < 1.29 is 0 Å². The van der Waals surface area contributed by atoms with Gasteiger partial charge in [0.1, 0.15) is 0 Å². The van der Waals surface area contributed by atoms with Gasteiger partial charge in [-0.05, 0) is 16.9 Å². The number of hydrogen-bond acceptors (Lipinski definition) is 1. The fourth-order valence-electron chi connectivity index (χ4n) is 3.61. The molecule has 1 aromatic rings. The van der Waals surface area contributed by atoms with E-state index in [1.807, 2.05) is 0 Å². The lowest BCUT2D eigenvalue weighted by molar-refractivity contribution is 0.514. The molecule has 0 bridgehead atoms. The van der Waals surface area contributed by atoms with Crippen molar-refractivity contribution >= 4 is 0 Å². The zero-order valence-corrected chi connectivity index (χ0v) is 8.88. The van der Waals surface area contributed by atoms with Crippen molar-refractivity contribution in [3.63, 3.8) is 0 Å². The maximum atomic E-state index is 3.53. The lowest BCUT2D eigenvalue weighted by atomic mass is 9.89. The fraction of sp³-hybridized carbons (Fsp3) is 0.538. The summed E-state index contributed by atoms with van der Waals surface area (Å²) >= 11 is 0. The maximum absolute atomic E-state index is 3.53. The lowest BCUT2D eigenvalue weighted by Crippen LogP contribution is -2.22. The summed E-state index contributed by atoms with van der Waals surface area (Å²) in [4.78, 5) is 0. The van der Waals surface area contributed by atoms with Gasteiger partial charge in [0.15, 0.2) is 0 Å². The zero-order chi connectivity index (χ0) is 9.81. The number of piperidine rings is 1. The van der Waals surface area contributed by atoms with Crippen LogP contribution in [0.4, 0.5) is 0 Å². The average Bonchev–Trinajstić information content (AvgIpc) is 2.58. The molecule has 74 valence electrons. The molecule has 3 atom stereocenters. The maximum Gasteiger partial charge on any atom is 0.0178 e. The standard InChI is InChI=1S/C13H17N/c1-10-12(2)8-14-9-13(10,12)11-6-4-3-5-7-11/h3-7,10,14H,8-9H2,1-2H3. The van der Waals surface area contributed by atoms with Crippen LogP contribution in [0.3, 0.4) is 0 Å². The second-order valence-electron chi connectivity index (χ2n) is 5.08. The van der Waals surface area contributed by atoms with Gasteiger partial charge in [-0.1, -0.05) is 44.2 Å². The van der Waals surface area contributed by atoms with Gasteiger partial charge in [0.25, 0.3) is 0 Å². The highest BCUT2D eigenvalue weighted by atomic mass is 15.0. The molecule has 2 fully saturated rings. The summed E-state index contributed by atoms with van der Waals surface area (Å²) in [6, 6.07) is 11.0. The summed E-state index contributed by atoms with van der Waals surface area (Å²) in [7, 11) is 0. The van der Waals surface area contributed by atoms with E-state index in [1.165, 1.54) is 12.1 Å². The second kappa shape index (κ2) is 2.40. The molecule has 1 N–H and O–H groups in total. The Bertz CT molecular complexity index is 359. The van der Waals surface area contributed by atoms with E-state index in [-0.39, 0.29) is 0 Å². The van der Waals surface area contributed by atoms with Gasteiger partial charge in [0.05, 0.1) is 0 Å². The molecule has 3 rings (SSSR count). The molecule has 3 unspecified atom stereocenters.